The molecule has 1 saturated heterocycles. The number of benzene rings is 1. The number of nitrogen functional groups attached to an aromatic ring is 1. The molecular weight excluding hydrogens is 448 g/mol. The molecule has 8 nitrogen and oxygen atoms in total. The first-order valence-electron chi connectivity index (χ1n) is 12.0. The van der Waals surface area contributed by atoms with E-state index in [1.165, 1.54) is 0 Å². The molecule has 3 aromatic heterocycles. The summed E-state index contributed by atoms with van der Waals surface area (Å²) in [7, 11) is -3.06. The van der Waals surface area contributed by atoms with Gasteiger partial charge in [-0.15, -0.1) is 0 Å². The number of hydrogen-bond acceptors (Lipinski definition) is 6. The van der Waals surface area contributed by atoms with E-state index >= 15 is 0 Å². The van der Waals surface area contributed by atoms with Gasteiger partial charge in [-0.05, 0) is 56.6 Å². The van der Waals surface area contributed by atoms with E-state index in [-0.39, 0.29) is 5.25 Å². The molecule has 0 unspecified atom stereocenters. The molecule has 6 rings (SSSR count). The molecule has 4 heterocycles. The summed E-state index contributed by atoms with van der Waals surface area (Å²) < 4.78 is 28.3. The number of nitrogens with two attached hydrogens (primary N) is 1. The number of fused-ring (bicyclic) bond motifs is 2. The van der Waals surface area contributed by atoms with Crippen molar-refractivity contribution in [1.29, 1.82) is 0 Å². The average Bonchev–Trinajstić information content (AvgIpc) is 3.63. The minimum atomic E-state index is -3.06. The smallest absolute Gasteiger partial charge is 0.216 e. The van der Waals surface area contributed by atoms with E-state index in [4.69, 9.17) is 10.7 Å². The average molecular weight is 477 g/mol. The Morgan fingerprint density at radius 2 is 1.82 bits per heavy atom. The second-order valence-corrected chi connectivity index (χ2v) is 11.7. The second kappa shape index (κ2) is 8.32. The van der Waals surface area contributed by atoms with E-state index in [1.54, 1.807) is 15.0 Å². The number of nitrogens with zero attached hydrogens (tertiary/aromatic N) is 5. The number of hydrogen-bond donors (Lipinski definition) is 1. The van der Waals surface area contributed by atoms with Gasteiger partial charge in [0.1, 0.15) is 5.82 Å². The lowest BCUT2D eigenvalue weighted by Gasteiger charge is -2.31. The molecular formula is C25H28N6O2S. The summed E-state index contributed by atoms with van der Waals surface area (Å²) in [6.07, 6.45) is 8.89. The Hall–Kier alpha value is -3.04. The van der Waals surface area contributed by atoms with E-state index in [1.807, 2.05) is 36.5 Å². The quantitative estimate of drug-likeness (QED) is 0.455. The molecule has 0 bridgehead atoms. The van der Waals surface area contributed by atoms with Crippen molar-refractivity contribution < 1.29 is 8.42 Å². The first-order chi connectivity index (χ1) is 16.5. The maximum atomic E-state index is 12.5. The Morgan fingerprint density at radius 3 is 2.62 bits per heavy atom. The van der Waals surface area contributed by atoms with Gasteiger partial charge in [0, 0.05) is 47.6 Å². The van der Waals surface area contributed by atoms with Gasteiger partial charge >= 0.3 is 0 Å². The highest BCUT2D eigenvalue weighted by atomic mass is 32.2. The lowest BCUT2D eigenvalue weighted by Crippen LogP contribution is -2.40. The fourth-order valence-electron chi connectivity index (χ4n) is 4.97. The summed E-state index contributed by atoms with van der Waals surface area (Å²) in [4.78, 5) is 9.49. The SMILES string of the molecule is Nc1cc(CCC2CCN(S(=O)(=O)C3CC3)CC2)nc2c(-c3cnc4ccccc4c3)cnn12. The summed E-state index contributed by atoms with van der Waals surface area (Å²) in [6, 6.07) is 12.0. The summed E-state index contributed by atoms with van der Waals surface area (Å²) in [5.41, 5.74) is 10.8. The fraction of sp³-hybridized carbons (Fsp3) is 0.400. The van der Waals surface area contributed by atoms with E-state index in [0.717, 1.165) is 71.9 Å². The maximum Gasteiger partial charge on any atom is 0.216 e. The van der Waals surface area contributed by atoms with Crippen molar-refractivity contribution in [1.82, 2.24) is 23.9 Å². The molecule has 34 heavy (non-hydrogen) atoms. The molecule has 1 saturated carbocycles. The largest absolute Gasteiger partial charge is 0.384 e. The monoisotopic (exact) mass is 476 g/mol. The van der Waals surface area contributed by atoms with Gasteiger partial charge < -0.3 is 5.73 Å². The number of rotatable bonds is 6. The summed E-state index contributed by atoms with van der Waals surface area (Å²) in [5, 5.41) is 5.40. The standard InChI is InChI=1S/C25H28N6O2S/c26-24-14-20(6-5-17-9-11-30(12-10-17)34(32,33)21-7-8-21)29-25-22(16-28-31(24)25)19-13-18-3-1-2-4-23(18)27-15-19/h1-4,13-17,21H,5-12,26H2. The van der Waals surface area contributed by atoms with Crippen LogP contribution in [-0.4, -0.2) is 50.6 Å². The highest BCUT2D eigenvalue weighted by Gasteiger charge is 2.41. The molecule has 0 amide bonds. The van der Waals surface area contributed by atoms with Crippen LogP contribution in [0.3, 0.4) is 0 Å². The number of para-hydroxylation sites is 1. The third kappa shape index (κ3) is 3.92. The summed E-state index contributed by atoms with van der Waals surface area (Å²) in [6.45, 7) is 1.28. The van der Waals surface area contributed by atoms with Crippen molar-refractivity contribution in [2.75, 3.05) is 18.8 Å². The van der Waals surface area contributed by atoms with Crippen molar-refractivity contribution in [2.45, 2.75) is 43.8 Å². The van der Waals surface area contributed by atoms with Crippen LogP contribution in [0.1, 0.15) is 37.8 Å². The van der Waals surface area contributed by atoms with Crippen molar-refractivity contribution in [3.8, 4) is 11.1 Å². The van der Waals surface area contributed by atoms with Gasteiger partial charge in [-0.25, -0.2) is 17.7 Å². The van der Waals surface area contributed by atoms with E-state index in [2.05, 4.69) is 16.1 Å². The zero-order valence-corrected chi connectivity index (χ0v) is 19.8. The normalized spacial score (nSPS) is 18.1. The number of pyridine rings is 1. The topological polar surface area (TPSA) is 106 Å². The zero-order chi connectivity index (χ0) is 23.3. The van der Waals surface area contributed by atoms with Crippen molar-refractivity contribution >= 4 is 32.4 Å². The number of aromatic nitrogens is 4. The van der Waals surface area contributed by atoms with Crippen LogP contribution in [0.25, 0.3) is 27.7 Å². The van der Waals surface area contributed by atoms with E-state index in [0.29, 0.717) is 24.8 Å². The number of piperidine rings is 1. The maximum absolute atomic E-state index is 12.5. The molecule has 1 aromatic carbocycles. The Kier molecular flexibility index (Phi) is 5.26. The lowest BCUT2D eigenvalue weighted by molar-refractivity contribution is 0.263. The Bertz CT molecular complexity index is 1470. The number of sulfonamides is 1. The van der Waals surface area contributed by atoms with Crippen molar-refractivity contribution in [2.24, 2.45) is 5.92 Å². The van der Waals surface area contributed by atoms with Gasteiger partial charge in [-0.2, -0.15) is 9.61 Å². The Balaban J connectivity index is 1.19. The highest BCUT2D eigenvalue weighted by molar-refractivity contribution is 7.90. The molecule has 0 spiro atoms. The molecule has 0 radical (unpaired) electrons. The van der Waals surface area contributed by atoms with Gasteiger partial charge in [0.05, 0.1) is 17.0 Å². The molecule has 176 valence electrons. The van der Waals surface area contributed by atoms with E-state index in [9.17, 15) is 8.42 Å². The van der Waals surface area contributed by atoms with Gasteiger partial charge in [-0.1, -0.05) is 18.2 Å². The first kappa shape index (κ1) is 21.5. The summed E-state index contributed by atoms with van der Waals surface area (Å²) >= 11 is 0. The zero-order valence-electron chi connectivity index (χ0n) is 19.0. The number of aryl methyl sites for hydroxylation is 1. The van der Waals surface area contributed by atoms with Gasteiger partial charge in [-0.3, -0.25) is 4.98 Å². The second-order valence-electron chi connectivity index (χ2n) is 9.51. The Labute approximate surface area is 198 Å². The third-order valence-electron chi connectivity index (χ3n) is 7.14. The fourth-order valence-corrected chi connectivity index (χ4v) is 6.84. The van der Waals surface area contributed by atoms with Crippen LogP contribution >= 0.6 is 0 Å². The minimum Gasteiger partial charge on any atom is -0.384 e. The third-order valence-corrected chi connectivity index (χ3v) is 9.54. The van der Waals surface area contributed by atoms with Crippen LogP contribution in [0.5, 0.6) is 0 Å². The van der Waals surface area contributed by atoms with Crippen LogP contribution in [0.15, 0.2) is 48.8 Å². The van der Waals surface area contributed by atoms with Crippen LogP contribution in [-0.2, 0) is 16.4 Å². The predicted octanol–water partition coefficient (Wildman–Crippen LogP) is 3.66. The van der Waals surface area contributed by atoms with Crippen LogP contribution in [0, 0.1) is 5.92 Å². The highest BCUT2D eigenvalue weighted by Crippen LogP contribution is 2.34. The molecule has 2 fully saturated rings. The molecule has 2 aliphatic rings. The van der Waals surface area contributed by atoms with Crippen LogP contribution in [0.4, 0.5) is 5.82 Å². The number of anilines is 1. The van der Waals surface area contributed by atoms with Crippen LogP contribution < -0.4 is 5.73 Å². The van der Waals surface area contributed by atoms with E-state index < -0.39 is 10.0 Å². The summed E-state index contributed by atoms with van der Waals surface area (Å²) in [5.74, 6) is 1.06. The molecule has 2 N–H and O–H groups in total. The lowest BCUT2D eigenvalue weighted by atomic mass is 9.92. The Morgan fingerprint density at radius 1 is 1.03 bits per heavy atom. The predicted molar refractivity (Wildman–Crippen MR) is 133 cm³/mol. The van der Waals surface area contributed by atoms with Crippen LogP contribution in [0.2, 0.25) is 0 Å². The molecule has 0 atom stereocenters. The molecule has 1 aliphatic carbocycles. The molecule has 1 aliphatic heterocycles. The first-order valence-corrected chi connectivity index (χ1v) is 13.5. The van der Waals surface area contributed by atoms with Gasteiger partial charge in [0.25, 0.3) is 0 Å². The molecule has 4 aromatic rings. The van der Waals surface area contributed by atoms with Gasteiger partial charge in [0.15, 0.2) is 5.65 Å². The minimum absolute atomic E-state index is 0.120. The molecule has 9 heteroatoms. The van der Waals surface area contributed by atoms with Gasteiger partial charge in [0.2, 0.25) is 10.0 Å². The van der Waals surface area contributed by atoms with Crippen molar-refractivity contribution in [3.63, 3.8) is 0 Å². The van der Waals surface area contributed by atoms with Crippen molar-refractivity contribution in [3.05, 3.63) is 54.5 Å².